The van der Waals surface area contributed by atoms with Gasteiger partial charge in [-0.25, -0.2) is 19.7 Å². The molecule has 0 aliphatic heterocycles. The maximum absolute atomic E-state index is 12.7. The van der Waals surface area contributed by atoms with Crippen molar-refractivity contribution >= 4 is 28.6 Å². The van der Waals surface area contributed by atoms with Crippen LogP contribution in [0.25, 0.3) is 22.4 Å². The van der Waals surface area contributed by atoms with Crippen LogP contribution in [-0.4, -0.2) is 26.0 Å². The highest BCUT2D eigenvalue weighted by molar-refractivity contribution is 5.98. The van der Waals surface area contributed by atoms with Crippen molar-refractivity contribution < 1.29 is 27.1 Å². The quantitative estimate of drug-likeness (QED) is 0.303. The molecule has 9 nitrogen and oxygen atoms in total. The SMILES string of the molecule is O=C(Nc1ccc(Oc2ncnc3ccccc23)cc1)Nc1ncc(-c2ccc(C(F)(F)F)cn2)o1. The van der Waals surface area contributed by atoms with Crippen molar-refractivity contribution in [2.24, 2.45) is 0 Å². The Labute approximate surface area is 201 Å². The average Bonchev–Trinajstić information content (AvgIpc) is 3.33. The van der Waals surface area contributed by atoms with Gasteiger partial charge in [-0.1, -0.05) is 12.1 Å². The summed E-state index contributed by atoms with van der Waals surface area (Å²) in [5.74, 6) is 1.00. The molecule has 5 rings (SSSR count). The minimum atomic E-state index is -4.49. The lowest BCUT2D eigenvalue weighted by Crippen LogP contribution is -2.19. The summed E-state index contributed by atoms with van der Waals surface area (Å²) in [6, 6.07) is 15.3. The van der Waals surface area contributed by atoms with Crippen LogP contribution in [0, 0.1) is 0 Å². The molecule has 3 heterocycles. The third-order valence-corrected chi connectivity index (χ3v) is 4.90. The number of para-hydroxylation sites is 1. The number of carbonyl (C=O) groups excluding carboxylic acids is 1. The van der Waals surface area contributed by atoms with E-state index in [0.29, 0.717) is 23.5 Å². The summed E-state index contributed by atoms with van der Waals surface area (Å²) in [5, 5.41) is 5.78. The van der Waals surface area contributed by atoms with Crippen LogP contribution in [0.1, 0.15) is 5.56 Å². The highest BCUT2D eigenvalue weighted by atomic mass is 19.4. The second kappa shape index (κ2) is 9.33. The molecule has 2 aromatic carbocycles. The van der Waals surface area contributed by atoms with Crippen LogP contribution in [0.5, 0.6) is 11.6 Å². The van der Waals surface area contributed by atoms with E-state index in [-0.39, 0.29) is 17.5 Å². The van der Waals surface area contributed by atoms with Gasteiger partial charge < -0.3 is 14.5 Å². The van der Waals surface area contributed by atoms with E-state index < -0.39 is 17.8 Å². The molecular formula is C24H15F3N6O3. The molecule has 0 radical (unpaired) electrons. The van der Waals surface area contributed by atoms with Crippen molar-refractivity contribution in [3.05, 3.63) is 84.9 Å². The molecule has 0 unspecified atom stereocenters. The second-order valence-electron chi connectivity index (χ2n) is 7.36. The molecule has 2 amide bonds. The number of alkyl halides is 3. The van der Waals surface area contributed by atoms with Crippen molar-refractivity contribution in [1.29, 1.82) is 0 Å². The lowest BCUT2D eigenvalue weighted by Gasteiger charge is -2.09. The van der Waals surface area contributed by atoms with Gasteiger partial charge in [0, 0.05) is 11.9 Å². The first-order valence-electron chi connectivity index (χ1n) is 10.4. The number of fused-ring (bicyclic) bond motifs is 1. The van der Waals surface area contributed by atoms with Gasteiger partial charge in [0.25, 0.3) is 0 Å². The molecule has 0 aliphatic rings. The fourth-order valence-electron chi connectivity index (χ4n) is 3.20. The zero-order valence-electron chi connectivity index (χ0n) is 18.2. The Morgan fingerprint density at radius 3 is 2.42 bits per heavy atom. The van der Waals surface area contributed by atoms with Gasteiger partial charge in [0.2, 0.25) is 5.88 Å². The molecular weight excluding hydrogens is 477 g/mol. The number of hydrogen-bond acceptors (Lipinski definition) is 7. The molecule has 36 heavy (non-hydrogen) atoms. The third-order valence-electron chi connectivity index (χ3n) is 4.90. The Balaban J connectivity index is 1.20. The molecule has 0 saturated carbocycles. The van der Waals surface area contributed by atoms with Crippen LogP contribution >= 0.6 is 0 Å². The van der Waals surface area contributed by atoms with Crippen LogP contribution in [-0.2, 0) is 6.18 Å². The monoisotopic (exact) mass is 492 g/mol. The summed E-state index contributed by atoms with van der Waals surface area (Å²) in [6.07, 6.45) is -1.14. The maximum Gasteiger partial charge on any atom is 0.417 e. The van der Waals surface area contributed by atoms with E-state index in [4.69, 9.17) is 9.15 Å². The minimum Gasteiger partial charge on any atom is -0.438 e. The Kier molecular flexibility index (Phi) is 5.90. The van der Waals surface area contributed by atoms with Gasteiger partial charge in [-0.15, -0.1) is 0 Å². The van der Waals surface area contributed by atoms with Gasteiger partial charge >= 0.3 is 18.2 Å². The van der Waals surface area contributed by atoms with Gasteiger partial charge in [0.15, 0.2) is 5.76 Å². The van der Waals surface area contributed by atoms with Gasteiger partial charge in [0.1, 0.15) is 17.8 Å². The van der Waals surface area contributed by atoms with Crippen LogP contribution < -0.4 is 15.4 Å². The lowest BCUT2D eigenvalue weighted by molar-refractivity contribution is -0.137. The molecule has 2 N–H and O–H groups in total. The van der Waals surface area contributed by atoms with Crippen molar-refractivity contribution in [3.8, 4) is 23.1 Å². The summed E-state index contributed by atoms with van der Waals surface area (Å²) in [4.78, 5) is 28.3. The highest BCUT2D eigenvalue weighted by Gasteiger charge is 2.30. The summed E-state index contributed by atoms with van der Waals surface area (Å²) in [5.41, 5.74) is 0.464. The van der Waals surface area contributed by atoms with E-state index in [1.54, 1.807) is 24.3 Å². The van der Waals surface area contributed by atoms with E-state index in [2.05, 4.69) is 30.6 Å². The van der Waals surface area contributed by atoms with E-state index in [9.17, 15) is 18.0 Å². The van der Waals surface area contributed by atoms with Gasteiger partial charge in [-0.3, -0.25) is 10.3 Å². The highest BCUT2D eigenvalue weighted by Crippen LogP contribution is 2.30. The van der Waals surface area contributed by atoms with Crippen LogP contribution in [0.2, 0.25) is 0 Å². The number of halogens is 3. The largest absolute Gasteiger partial charge is 0.438 e. The Morgan fingerprint density at radius 1 is 0.861 bits per heavy atom. The molecule has 5 aromatic rings. The molecule has 0 saturated heterocycles. The Bertz CT molecular complexity index is 1510. The standard InChI is InChI=1S/C24H15F3N6O3/c25-24(26,27)14-5-10-19(28-11-14)20-12-29-23(36-20)33-22(34)32-15-6-8-16(9-7-15)35-21-17-3-1-2-4-18(17)30-13-31-21/h1-13H,(H2,29,32,33,34). The summed E-state index contributed by atoms with van der Waals surface area (Å²) in [6.45, 7) is 0. The van der Waals surface area contributed by atoms with Gasteiger partial charge in [-0.2, -0.15) is 13.2 Å². The number of aromatic nitrogens is 4. The number of nitrogens with zero attached hydrogens (tertiary/aromatic N) is 4. The number of hydrogen-bond donors (Lipinski definition) is 2. The predicted octanol–water partition coefficient (Wildman–Crippen LogP) is 6.13. The van der Waals surface area contributed by atoms with Crippen molar-refractivity contribution in [3.63, 3.8) is 0 Å². The zero-order chi connectivity index (χ0) is 25.1. The molecule has 0 bridgehead atoms. The van der Waals surface area contributed by atoms with E-state index in [0.717, 1.165) is 23.0 Å². The zero-order valence-corrected chi connectivity index (χ0v) is 18.2. The molecule has 3 aromatic heterocycles. The smallest absolute Gasteiger partial charge is 0.417 e. The van der Waals surface area contributed by atoms with Crippen LogP contribution in [0.15, 0.2) is 83.8 Å². The third kappa shape index (κ3) is 5.06. The number of oxazole rings is 1. The first-order chi connectivity index (χ1) is 17.3. The molecule has 0 spiro atoms. The number of ether oxygens (including phenoxy) is 1. The molecule has 0 fully saturated rings. The molecule has 180 valence electrons. The lowest BCUT2D eigenvalue weighted by atomic mass is 10.2. The topological polar surface area (TPSA) is 115 Å². The number of carbonyl (C=O) groups is 1. The predicted molar refractivity (Wildman–Crippen MR) is 123 cm³/mol. The first-order valence-corrected chi connectivity index (χ1v) is 10.4. The van der Waals surface area contributed by atoms with E-state index in [1.807, 2.05) is 24.3 Å². The number of nitrogens with one attached hydrogen (secondary N) is 2. The van der Waals surface area contributed by atoms with Gasteiger partial charge in [0.05, 0.1) is 22.7 Å². The van der Waals surface area contributed by atoms with Gasteiger partial charge in [-0.05, 0) is 48.5 Å². The fourth-order valence-corrected chi connectivity index (χ4v) is 3.20. The number of rotatable bonds is 5. The van der Waals surface area contributed by atoms with Crippen LogP contribution in [0.4, 0.5) is 29.7 Å². The summed E-state index contributed by atoms with van der Waals surface area (Å²) in [7, 11) is 0. The van der Waals surface area contributed by atoms with Crippen molar-refractivity contribution in [2.45, 2.75) is 6.18 Å². The Morgan fingerprint density at radius 2 is 1.67 bits per heavy atom. The van der Waals surface area contributed by atoms with Crippen molar-refractivity contribution in [1.82, 2.24) is 19.9 Å². The summed E-state index contributed by atoms with van der Waals surface area (Å²) >= 11 is 0. The maximum atomic E-state index is 12.7. The number of anilines is 2. The molecule has 12 heteroatoms. The number of benzene rings is 2. The number of urea groups is 1. The normalized spacial score (nSPS) is 11.3. The van der Waals surface area contributed by atoms with E-state index in [1.165, 1.54) is 12.5 Å². The van der Waals surface area contributed by atoms with Crippen molar-refractivity contribution in [2.75, 3.05) is 10.6 Å². The van der Waals surface area contributed by atoms with Crippen LogP contribution in [0.3, 0.4) is 0 Å². The number of amides is 2. The minimum absolute atomic E-state index is 0.0952. The molecule has 0 aliphatic carbocycles. The second-order valence-corrected chi connectivity index (χ2v) is 7.36. The van der Waals surface area contributed by atoms with E-state index >= 15 is 0 Å². The first kappa shape index (κ1) is 22.8. The average molecular weight is 492 g/mol. The Hall–Kier alpha value is -5.00. The summed E-state index contributed by atoms with van der Waals surface area (Å²) < 4.78 is 49.3. The molecule has 0 atom stereocenters. The fraction of sp³-hybridized carbons (Fsp3) is 0.0417. The number of pyridine rings is 1.